The number of hydrogen-bond donors (Lipinski definition) is 0. The average molecular weight is 391 g/mol. The lowest BCUT2D eigenvalue weighted by Gasteiger charge is -2.42. The van der Waals surface area contributed by atoms with Crippen molar-refractivity contribution in [2.24, 2.45) is 11.8 Å². The third kappa shape index (κ3) is 5.47. The molecule has 1 fully saturated rings. The molecule has 148 valence electrons. The van der Waals surface area contributed by atoms with Crippen molar-refractivity contribution >= 4 is 17.3 Å². The predicted octanol–water partition coefficient (Wildman–Crippen LogP) is 8.11. The summed E-state index contributed by atoms with van der Waals surface area (Å²) in [6.45, 7) is 2.24. The molecule has 1 saturated carbocycles. The van der Waals surface area contributed by atoms with E-state index in [0.29, 0.717) is 12.3 Å². The van der Waals surface area contributed by atoms with Gasteiger partial charge in [0.25, 0.3) is 5.76 Å². The molecule has 0 bridgehead atoms. The van der Waals surface area contributed by atoms with E-state index in [9.17, 15) is 8.78 Å². The summed E-state index contributed by atoms with van der Waals surface area (Å²) in [5.74, 6) is -1.14. The standard InChI is InChI=1S/C24H32F2S/c1-2-3-5-8-19-11-13-22(14-12-19)24(27-23(25)26)17-15-21(16-18-24)20-9-6-4-7-10-20/h4,6-7,9-10,15-17,19,22-23H,2-3,5,8,11-14,18H2,1H3. The summed E-state index contributed by atoms with van der Waals surface area (Å²) >= 11 is 0.885. The first-order valence-corrected chi connectivity index (χ1v) is 11.4. The monoisotopic (exact) mass is 390 g/mol. The zero-order valence-electron chi connectivity index (χ0n) is 16.4. The van der Waals surface area contributed by atoms with Crippen LogP contribution in [0.5, 0.6) is 0 Å². The van der Waals surface area contributed by atoms with E-state index in [1.54, 1.807) is 0 Å². The number of alkyl halides is 2. The van der Waals surface area contributed by atoms with E-state index in [1.807, 2.05) is 18.2 Å². The van der Waals surface area contributed by atoms with E-state index in [-0.39, 0.29) is 0 Å². The maximum Gasteiger partial charge on any atom is 0.285 e. The Morgan fingerprint density at radius 1 is 1.07 bits per heavy atom. The highest BCUT2D eigenvalue weighted by Crippen LogP contribution is 2.50. The van der Waals surface area contributed by atoms with Crippen molar-refractivity contribution in [1.29, 1.82) is 0 Å². The minimum Gasteiger partial charge on any atom is -0.198 e. The summed E-state index contributed by atoms with van der Waals surface area (Å²) in [6, 6.07) is 10.2. The molecule has 1 aromatic carbocycles. The first kappa shape index (κ1) is 20.6. The second-order valence-electron chi connectivity index (χ2n) is 8.11. The van der Waals surface area contributed by atoms with Crippen molar-refractivity contribution in [2.75, 3.05) is 0 Å². The first-order chi connectivity index (χ1) is 13.1. The molecule has 1 atom stereocenters. The molecule has 0 aliphatic heterocycles. The van der Waals surface area contributed by atoms with Crippen molar-refractivity contribution in [1.82, 2.24) is 0 Å². The molecular formula is C24H32F2S. The average Bonchev–Trinajstić information content (AvgIpc) is 2.69. The van der Waals surface area contributed by atoms with Crippen LogP contribution in [0.2, 0.25) is 0 Å². The molecule has 3 rings (SSSR count). The van der Waals surface area contributed by atoms with E-state index >= 15 is 0 Å². The fourth-order valence-corrected chi connectivity index (χ4v) is 5.84. The maximum atomic E-state index is 13.4. The highest BCUT2D eigenvalue weighted by Gasteiger charge is 2.41. The second kappa shape index (κ2) is 9.91. The minimum atomic E-state index is -2.32. The molecule has 2 aliphatic rings. The van der Waals surface area contributed by atoms with E-state index < -0.39 is 10.5 Å². The number of allylic oxidation sites excluding steroid dienone is 3. The molecule has 0 N–H and O–H groups in total. The van der Waals surface area contributed by atoms with Crippen LogP contribution in [0.25, 0.3) is 5.57 Å². The lowest BCUT2D eigenvalue weighted by molar-refractivity contribution is 0.220. The number of thioether (sulfide) groups is 1. The van der Waals surface area contributed by atoms with Gasteiger partial charge in [0.05, 0.1) is 0 Å². The van der Waals surface area contributed by atoms with Gasteiger partial charge in [-0.2, -0.15) is 8.78 Å². The fraction of sp³-hybridized carbons (Fsp3) is 0.583. The number of benzene rings is 1. The Labute approximate surface area is 167 Å². The maximum absolute atomic E-state index is 13.4. The van der Waals surface area contributed by atoms with E-state index in [0.717, 1.165) is 36.1 Å². The third-order valence-electron chi connectivity index (χ3n) is 6.36. The zero-order chi connectivity index (χ0) is 19.1. The van der Waals surface area contributed by atoms with Crippen molar-refractivity contribution in [3.05, 3.63) is 54.1 Å². The molecule has 1 unspecified atom stereocenters. The Balaban J connectivity index is 1.65. The van der Waals surface area contributed by atoms with Gasteiger partial charge in [0.15, 0.2) is 0 Å². The molecule has 0 nitrogen and oxygen atoms in total. The van der Waals surface area contributed by atoms with Crippen molar-refractivity contribution in [3.63, 3.8) is 0 Å². The van der Waals surface area contributed by atoms with Crippen molar-refractivity contribution < 1.29 is 8.78 Å². The minimum absolute atomic E-state index is 0.365. The Morgan fingerprint density at radius 2 is 1.81 bits per heavy atom. The van der Waals surface area contributed by atoms with Crippen molar-refractivity contribution in [2.45, 2.75) is 75.2 Å². The number of rotatable bonds is 8. The van der Waals surface area contributed by atoms with Gasteiger partial charge in [0.1, 0.15) is 0 Å². The summed E-state index contributed by atoms with van der Waals surface area (Å²) in [5, 5.41) is 0. The molecule has 0 aromatic heterocycles. The quantitative estimate of drug-likeness (QED) is 0.404. The summed E-state index contributed by atoms with van der Waals surface area (Å²) in [6.07, 6.45) is 16.9. The molecule has 1 aromatic rings. The van der Waals surface area contributed by atoms with Crippen LogP contribution in [0, 0.1) is 11.8 Å². The van der Waals surface area contributed by atoms with Gasteiger partial charge >= 0.3 is 0 Å². The molecule has 0 radical (unpaired) electrons. The summed E-state index contributed by atoms with van der Waals surface area (Å²) in [7, 11) is 0. The molecule has 0 amide bonds. The molecule has 2 aliphatic carbocycles. The van der Waals surface area contributed by atoms with Crippen LogP contribution in [0.4, 0.5) is 8.78 Å². The Hall–Kier alpha value is -1.09. The van der Waals surface area contributed by atoms with Crippen LogP contribution in [-0.2, 0) is 0 Å². The van der Waals surface area contributed by atoms with Gasteiger partial charge in [-0.15, -0.1) is 0 Å². The first-order valence-electron chi connectivity index (χ1n) is 10.5. The Morgan fingerprint density at radius 3 is 2.41 bits per heavy atom. The lowest BCUT2D eigenvalue weighted by atomic mass is 9.71. The molecule has 0 heterocycles. The smallest absolute Gasteiger partial charge is 0.198 e. The number of halogens is 2. The highest BCUT2D eigenvalue weighted by molar-refractivity contribution is 8.01. The predicted molar refractivity (Wildman–Crippen MR) is 114 cm³/mol. The van der Waals surface area contributed by atoms with Gasteiger partial charge in [0.2, 0.25) is 0 Å². The summed E-state index contributed by atoms with van der Waals surface area (Å²) in [5.41, 5.74) is 2.33. The lowest BCUT2D eigenvalue weighted by Crippen LogP contribution is -2.37. The van der Waals surface area contributed by atoms with Gasteiger partial charge in [-0.1, -0.05) is 106 Å². The summed E-state index contributed by atoms with van der Waals surface area (Å²) < 4.78 is 26.4. The van der Waals surface area contributed by atoms with Gasteiger partial charge in [-0.25, -0.2) is 0 Å². The van der Waals surface area contributed by atoms with E-state index in [2.05, 4.69) is 37.3 Å². The van der Waals surface area contributed by atoms with Crippen LogP contribution in [0.3, 0.4) is 0 Å². The van der Waals surface area contributed by atoms with Crippen LogP contribution in [0.15, 0.2) is 48.6 Å². The van der Waals surface area contributed by atoms with Gasteiger partial charge in [-0.05, 0) is 42.2 Å². The third-order valence-corrected chi connectivity index (χ3v) is 7.61. The van der Waals surface area contributed by atoms with E-state index in [4.69, 9.17) is 0 Å². The molecule has 0 spiro atoms. The fourth-order valence-electron chi connectivity index (χ4n) is 4.76. The largest absolute Gasteiger partial charge is 0.285 e. The van der Waals surface area contributed by atoms with Gasteiger partial charge in [0, 0.05) is 4.75 Å². The molecule has 3 heteroatoms. The van der Waals surface area contributed by atoms with E-state index in [1.165, 1.54) is 44.1 Å². The van der Waals surface area contributed by atoms with Gasteiger partial charge < -0.3 is 0 Å². The molecule has 27 heavy (non-hydrogen) atoms. The normalized spacial score (nSPS) is 28.4. The second-order valence-corrected chi connectivity index (χ2v) is 9.46. The summed E-state index contributed by atoms with van der Waals surface area (Å²) in [4.78, 5) is 0. The number of unbranched alkanes of at least 4 members (excludes halogenated alkanes) is 2. The highest BCUT2D eigenvalue weighted by atomic mass is 32.2. The Bertz CT molecular complexity index is 629. The van der Waals surface area contributed by atoms with Gasteiger partial charge in [-0.3, -0.25) is 0 Å². The van der Waals surface area contributed by atoms with Crippen LogP contribution in [0.1, 0.15) is 70.3 Å². The zero-order valence-corrected chi connectivity index (χ0v) is 17.2. The van der Waals surface area contributed by atoms with Crippen LogP contribution in [-0.4, -0.2) is 10.5 Å². The van der Waals surface area contributed by atoms with Crippen LogP contribution >= 0.6 is 11.8 Å². The Kier molecular flexibility index (Phi) is 7.57. The molecular weight excluding hydrogens is 358 g/mol. The SMILES string of the molecule is CCCCCC1CCC(C2(SC(F)F)C=CC(c3ccccc3)=CC2)CC1. The topological polar surface area (TPSA) is 0 Å². The molecule has 0 saturated heterocycles. The van der Waals surface area contributed by atoms with Crippen molar-refractivity contribution in [3.8, 4) is 0 Å². The van der Waals surface area contributed by atoms with Crippen LogP contribution < -0.4 is 0 Å². The number of hydrogen-bond acceptors (Lipinski definition) is 1.